The lowest BCUT2D eigenvalue weighted by Crippen LogP contribution is -2.36. The van der Waals surface area contributed by atoms with Crippen molar-refractivity contribution in [2.45, 2.75) is 57.6 Å². The number of carbonyl (C=O) groups is 2. The van der Waals surface area contributed by atoms with Crippen LogP contribution in [0.5, 0.6) is 0 Å². The molecule has 2 heterocycles. The lowest BCUT2D eigenvalue weighted by Gasteiger charge is -2.17. The van der Waals surface area contributed by atoms with Crippen LogP contribution in [0.15, 0.2) is 11.0 Å². The molecule has 4 atom stereocenters. The SMILES string of the molecule is CCCCCOC(=O)Nc1nc(=O)n([C@@H]2O[C@H](C)[C@@H](O)[C@H]2O)cc1F.NCC(=O)O. The molecule has 1 saturated heterocycles. The Morgan fingerprint density at radius 1 is 1.37 bits per heavy atom. The Hall–Kier alpha value is -2.61. The van der Waals surface area contributed by atoms with Crippen molar-refractivity contribution in [1.29, 1.82) is 0 Å². The van der Waals surface area contributed by atoms with Crippen LogP contribution in [0.25, 0.3) is 0 Å². The second kappa shape index (κ2) is 12.2. The van der Waals surface area contributed by atoms with Gasteiger partial charge in [0, 0.05) is 0 Å². The first-order chi connectivity index (χ1) is 14.1. The molecule has 0 aliphatic carbocycles. The number of carbonyl (C=O) groups excluding carboxylic acids is 1. The molecule has 30 heavy (non-hydrogen) atoms. The van der Waals surface area contributed by atoms with Crippen molar-refractivity contribution in [3.8, 4) is 0 Å². The van der Waals surface area contributed by atoms with E-state index in [1.807, 2.05) is 6.92 Å². The molecule has 1 aromatic rings. The Bertz CT molecular complexity index is 775. The number of hydrogen-bond donors (Lipinski definition) is 5. The van der Waals surface area contributed by atoms with Crippen molar-refractivity contribution >= 4 is 17.9 Å². The number of unbranched alkanes of at least 4 members (excludes halogenated alkanes) is 2. The van der Waals surface area contributed by atoms with E-state index in [-0.39, 0.29) is 13.2 Å². The van der Waals surface area contributed by atoms with E-state index < -0.39 is 53.9 Å². The number of aliphatic carboxylic acids is 1. The van der Waals surface area contributed by atoms with E-state index in [0.717, 1.165) is 23.6 Å². The number of anilines is 1. The molecule has 6 N–H and O–H groups in total. The van der Waals surface area contributed by atoms with Crippen LogP contribution in [-0.2, 0) is 14.3 Å². The smallest absolute Gasteiger partial charge is 0.412 e. The van der Waals surface area contributed by atoms with Gasteiger partial charge < -0.3 is 30.5 Å². The largest absolute Gasteiger partial charge is 0.480 e. The minimum atomic E-state index is -1.41. The number of aliphatic hydroxyl groups is 2. The van der Waals surface area contributed by atoms with Crippen molar-refractivity contribution < 1.29 is 38.8 Å². The zero-order chi connectivity index (χ0) is 22.8. The number of carboxylic acids is 1. The van der Waals surface area contributed by atoms with Crippen LogP contribution in [-0.4, -0.2) is 68.4 Å². The summed E-state index contributed by atoms with van der Waals surface area (Å²) >= 11 is 0. The number of nitrogens with one attached hydrogen (secondary N) is 1. The van der Waals surface area contributed by atoms with Gasteiger partial charge in [0.25, 0.3) is 0 Å². The van der Waals surface area contributed by atoms with E-state index in [4.69, 9.17) is 14.6 Å². The average Bonchev–Trinajstić information content (AvgIpc) is 2.95. The average molecular weight is 434 g/mol. The van der Waals surface area contributed by atoms with Crippen LogP contribution < -0.4 is 16.7 Å². The summed E-state index contributed by atoms with van der Waals surface area (Å²) in [5.41, 5.74) is 3.62. The molecule has 1 aliphatic rings. The zero-order valence-corrected chi connectivity index (χ0v) is 16.7. The molecule has 12 nitrogen and oxygen atoms in total. The van der Waals surface area contributed by atoms with Crippen molar-refractivity contribution in [3.63, 3.8) is 0 Å². The monoisotopic (exact) mass is 434 g/mol. The third-order valence-electron chi connectivity index (χ3n) is 4.03. The van der Waals surface area contributed by atoms with Gasteiger partial charge in [-0.2, -0.15) is 4.98 Å². The number of nitrogens with zero attached hydrogens (tertiary/aromatic N) is 2. The highest BCUT2D eigenvalue weighted by Crippen LogP contribution is 2.28. The Balaban J connectivity index is 0.000000804. The van der Waals surface area contributed by atoms with Gasteiger partial charge in [-0.05, 0) is 13.3 Å². The van der Waals surface area contributed by atoms with Gasteiger partial charge >= 0.3 is 17.8 Å². The van der Waals surface area contributed by atoms with E-state index in [1.54, 1.807) is 0 Å². The van der Waals surface area contributed by atoms with E-state index in [0.29, 0.717) is 6.42 Å². The number of halogens is 1. The molecular formula is C17H27FN4O8. The van der Waals surface area contributed by atoms with Gasteiger partial charge in [0.2, 0.25) is 0 Å². The van der Waals surface area contributed by atoms with Crippen LogP contribution in [0, 0.1) is 5.82 Å². The molecule has 0 saturated carbocycles. The number of nitrogens with two attached hydrogens (primary N) is 1. The van der Waals surface area contributed by atoms with E-state index in [2.05, 4.69) is 16.0 Å². The zero-order valence-electron chi connectivity index (χ0n) is 16.7. The Kier molecular flexibility index (Phi) is 10.3. The minimum Gasteiger partial charge on any atom is -0.480 e. The van der Waals surface area contributed by atoms with Crippen LogP contribution >= 0.6 is 0 Å². The Labute approximate surface area is 171 Å². The maximum absolute atomic E-state index is 14.1. The molecule has 0 unspecified atom stereocenters. The summed E-state index contributed by atoms with van der Waals surface area (Å²) in [6.45, 7) is 3.41. The number of amides is 1. The summed E-state index contributed by atoms with van der Waals surface area (Å²) < 4.78 is 24.9. The van der Waals surface area contributed by atoms with Crippen molar-refractivity contribution in [2.75, 3.05) is 18.5 Å². The number of aromatic nitrogens is 2. The second-order valence-electron chi connectivity index (χ2n) is 6.41. The van der Waals surface area contributed by atoms with E-state index >= 15 is 0 Å². The van der Waals surface area contributed by atoms with Crippen LogP contribution in [0.1, 0.15) is 39.3 Å². The summed E-state index contributed by atoms with van der Waals surface area (Å²) in [5.74, 6) is -2.55. The van der Waals surface area contributed by atoms with Gasteiger partial charge in [0.15, 0.2) is 17.9 Å². The fraction of sp³-hybridized carbons (Fsp3) is 0.647. The molecule has 1 fully saturated rings. The fourth-order valence-corrected chi connectivity index (χ4v) is 2.42. The van der Waals surface area contributed by atoms with E-state index in [9.17, 15) is 29.0 Å². The van der Waals surface area contributed by atoms with Crippen molar-refractivity contribution in [3.05, 3.63) is 22.5 Å². The highest BCUT2D eigenvalue weighted by atomic mass is 19.1. The molecule has 0 bridgehead atoms. The number of ether oxygens (including phenoxy) is 2. The minimum absolute atomic E-state index is 0.177. The van der Waals surface area contributed by atoms with Crippen molar-refractivity contribution in [1.82, 2.24) is 9.55 Å². The third kappa shape index (κ3) is 7.33. The number of hydrogen-bond acceptors (Lipinski definition) is 9. The highest BCUT2D eigenvalue weighted by Gasteiger charge is 2.42. The first-order valence-electron chi connectivity index (χ1n) is 9.28. The standard InChI is InChI=1S/C15H22FN3O6.C2H5NO2/c1-3-4-5-6-24-15(23)18-12-9(16)7-19(14(22)17-12)13-11(21)10(20)8(2)25-13;3-1-2(4)5/h7-8,10-11,13,20-21H,3-6H2,1-2H3,(H,17,18,22,23);1,3H2,(H,4,5)/t8-,10-,11-,13-;/m1./s1. The predicted octanol–water partition coefficient (Wildman–Crippen LogP) is -0.210. The fourth-order valence-electron chi connectivity index (χ4n) is 2.42. The van der Waals surface area contributed by atoms with Gasteiger partial charge in [-0.25, -0.2) is 14.0 Å². The summed E-state index contributed by atoms with van der Waals surface area (Å²) in [4.78, 5) is 36.3. The van der Waals surface area contributed by atoms with Crippen molar-refractivity contribution in [2.24, 2.45) is 5.73 Å². The maximum Gasteiger partial charge on any atom is 0.412 e. The normalized spacial score (nSPS) is 22.7. The van der Waals surface area contributed by atoms with Crippen LogP contribution in [0.2, 0.25) is 0 Å². The van der Waals surface area contributed by atoms with Gasteiger partial charge in [-0.3, -0.25) is 14.7 Å². The lowest BCUT2D eigenvalue weighted by atomic mass is 10.1. The molecule has 1 amide bonds. The first-order valence-corrected chi connectivity index (χ1v) is 9.28. The quantitative estimate of drug-likeness (QED) is 0.359. The molecule has 170 valence electrons. The number of aliphatic hydroxyl groups excluding tert-OH is 2. The third-order valence-corrected chi connectivity index (χ3v) is 4.03. The summed E-state index contributed by atoms with van der Waals surface area (Å²) in [6.07, 6.45) is -2.25. The van der Waals surface area contributed by atoms with Crippen LogP contribution in [0.3, 0.4) is 0 Å². The molecule has 0 spiro atoms. The van der Waals surface area contributed by atoms with Crippen LogP contribution in [0.4, 0.5) is 15.0 Å². The molecular weight excluding hydrogens is 407 g/mol. The summed E-state index contributed by atoms with van der Waals surface area (Å²) in [7, 11) is 0. The maximum atomic E-state index is 14.1. The van der Waals surface area contributed by atoms with Gasteiger partial charge in [0.1, 0.15) is 12.2 Å². The number of carboxylic acid groups (broad SMARTS) is 1. The van der Waals surface area contributed by atoms with Gasteiger partial charge in [-0.1, -0.05) is 19.8 Å². The van der Waals surface area contributed by atoms with Gasteiger partial charge in [0.05, 0.1) is 25.5 Å². The molecule has 1 aromatic heterocycles. The Morgan fingerprint density at radius 2 is 2.00 bits per heavy atom. The second-order valence-corrected chi connectivity index (χ2v) is 6.41. The summed E-state index contributed by atoms with van der Waals surface area (Å²) in [5, 5.41) is 29.2. The first kappa shape index (κ1) is 25.4. The van der Waals surface area contributed by atoms with E-state index in [1.165, 1.54) is 6.92 Å². The lowest BCUT2D eigenvalue weighted by molar-refractivity contribution is -0.135. The Morgan fingerprint density at radius 3 is 2.50 bits per heavy atom. The number of rotatable bonds is 7. The molecule has 0 aromatic carbocycles. The molecule has 0 radical (unpaired) electrons. The summed E-state index contributed by atoms with van der Waals surface area (Å²) in [6, 6.07) is 0. The predicted molar refractivity (Wildman–Crippen MR) is 101 cm³/mol. The molecule has 13 heteroatoms. The highest BCUT2D eigenvalue weighted by molar-refractivity contribution is 5.83. The molecule has 1 aliphatic heterocycles. The van der Waals surface area contributed by atoms with Gasteiger partial charge in [-0.15, -0.1) is 0 Å². The molecule has 2 rings (SSSR count). The topological polar surface area (TPSA) is 186 Å².